The fourth-order valence-corrected chi connectivity index (χ4v) is 7.01. The van der Waals surface area contributed by atoms with Crippen LogP contribution in [0.3, 0.4) is 0 Å². The zero-order chi connectivity index (χ0) is 25.5. The average Bonchev–Trinajstić information content (AvgIpc) is 3.61. The molecule has 5 aliphatic rings. The van der Waals surface area contributed by atoms with Crippen LogP contribution >= 0.6 is 0 Å². The lowest BCUT2D eigenvalue weighted by Gasteiger charge is -2.39. The number of hydrogen-bond acceptors (Lipinski definition) is 5. The third-order valence-electron chi connectivity index (χ3n) is 9.47. The van der Waals surface area contributed by atoms with Crippen molar-refractivity contribution in [2.75, 3.05) is 0 Å². The van der Waals surface area contributed by atoms with Crippen molar-refractivity contribution < 1.29 is 19.4 Å². The Morgan fingerprint density at radius 1 is 1.08 bits per heavy atom. The molecule has 6 nitrogen and oxygen atoms in total. The first-order chi connectivity index (χ1) is 17.2. The molecule has 0 saturated heterocycles. The van der Waals surface area contributed by atoms with Gasteiger partial charge in [-0.2, -0.15) is 0 Å². The topological polar surface area (TPSA) is 88.0 Å². The van der Waals surface area contributed by atoms with Crippen LogP contribution in [-0.2, 0) is 14.3 Å². The molecule has 0 aromatic carbocycles. The normalized spacial score (nSPS) is 28.9. The van der Waals surface area contributed by atoms with Gasteiger partial charge in [0.1, 0.15) is 5.60 Å². The molecule has 3 saturated carbocycles. The van der Waals surface area contributed by atoms with Gasteiger partial charge in [-0.25, -0.2) is 4.99 Å². The molecule has 0 unspecified atom stereocenters. The number of allylic oxidation sites excluding steroid dienone is 4. The van der Waals surface area contributed by atoms with Crippen LogP contribution in [0.15, 0.2) is 38.9 Å². The van der Waals surface area contributed by atoms with E-state index in [0.717, 1.165) is 60.8 Å². The maximum absolute atomic E-state index is 13.2. The summed E-state index contributed by atoms with van der Waals surface area (Å²) in [5.41, 5.74) is 2.91. The maximum atomic E-state index is 13.2. The van der Waals surface area contributed by atoms with Crippen LogP contribution in [-0.4, -0.2) is 40.6 Å². The molecule has 0 radical (unpaired) electrons. The minimum atomic E-state index is -1.35. The number of aliphatic imine (C=N–C) groups is 1. The first-order valence-corrected chi connectivity index (χ1v) is 14.2. The molecule has 0 aromatic heterocycles. The fraction of sp³-hybridized carbons (Fsp3) is 0.700. The van der Waals surface area contributed by atoms with Crippen LogP contribution in [0.25, 0.3) is 0 Å². The molecule has 6 heteroatoms. The number of carbonyl (C=O) groups excluding carboxylic acids is 2. The number of ketones is 1. The summed E-state index contributed by atoms with van der Waals surface area (Å²) in [4.78, 5) is 31.1. The van der Waals surface area contributed by atoms with E-state index in [1.807, 2.05) is 13.0 Å². The van der Waals surface area contributed by atoms with Crippen molar-refractivity contribution in [2.24, 2.45) is 10.4 Å². The SMILES string of the molecule is CC1=C(CCC(=O)OC(=NC2CCCCC2)NC2CCCCC2)C2=C(C)C3(CC3)[C@@](C)(O)C(=O)C2=C1. The van der Waals surface area contributed by atoms with Crippen molar-refractivity contribution in [3.8, 4) is 0 Å². The van der Waals surface area contributed by atoms with E-state index >= 15 is 0 Å². The highest BCUT2D eigenvalue weighted by molar-refractivity contribution is 6.10. The fourth-order valence-electron chi connectivity index (χ4n) is 7.01. The monoisotopic (exact) mass is 494 g/mol. The molecule has 3 fully saturated rings. The summed E-state index contributed by atoms with van der Waals surface area (Å²) < 4.78 is 5.86. The van der Waals surface area contributed by atoms with E-state index in [-0.39, 0.29) is 24.2 Å². The largest absolute Gasteiger partial charge is 0.393 e. The van der Waals surface area contributed by atoms with Crippen molar-refractivity contribution in [1.29, 1.82) is 0 Å². The number of carbonyl (C=O) groups is 2. The van der Waals surface area contributed by atoms with Crippen LogP contribution in [0.4, 0.5) is 0 Å². The van der Waals surface area contributed by atoms with Gasteiger partial charge in [0.15, 0.2) is 5.78 Å². The minimum absolute atomic E-state index is 0.184. The van der Waals surface area contributed by atoms with E-state index in [1.54, 1.807) is 6.92 Å². The van der Waals surface area contributed by atoms with Crippen LogP contribution in [0.2, 0.25) is 0 Å². The van der Waals surface area contributed by atoms with Crippen molar-refractivity contribution >= 4 is 17.8 Å². The van der Waals surface area contributed by atoms with Gasteiger partial charge < -0.3 is 15.2 Å². The van der Waals surface area contributed by atoms with Crippen molar-refractivity contribution in [1.82, 2.24) is 5.32 Å². The molecule has 36 heavy (non-hydrogen) atoms. The minimum Gasteiger partial charge on any atom is -0.393 e. The number of fused-ring (bicyclic) bond motifs is 1. The first-order valence-electron chi connectivity index (χ1n) is 14.2. The maximum Gasteiger partial charge on any atom is 0.313 e. The van der Waals surface area contributed by atoms with Crippen LogP contribution in [0, 0.1) is 5.41 Å². The standard InChI is InChI=1S/C30H42N2O4/c1-19-18-24-26(20(2)30(16-17-30)29(3,35)27(24)34)23(19)14-15-25(33)36-28(31-21-10-6-4-7-11-21)32-22-12-8-5-9-13-22/h18,21-22,35H,4-17H2,1-3H3,(H,31,32)/t29-/m0/s1. The molecule has 0 amide bonds. The highest BCUT2D eigenvalue weighted by Gasteiger charge is 2.65. The van der Waals surface area contributed by atoms with Crippen molar-refractivity contribution in [3.63, 3.8) is 0 Å². The molecule has 0 aliphatic heterocycles. The van der Waals surface area contributed by atoms with E-state index in [0.29, 0.717) is 24.1 Å². The lowest BCUT2D eigenvalue weighted by Crippen LogP contribution is -2.49. The lowest BCUT2D eigenvalue weighted by molar-refractivity contribution is -0.137. The second-order valence-electron chi connectivity index (χ2n) is 11.9. The quantitative estimate of drug-likeness (QED) is 0.295. The number of Topliss-reactive ketones (excluding diaryl/α,β-unsaturated/α-hetero) is 1. The molecule has 1 spiro atoms. The number of nitrogens with zero attached hydrogens (tertiary/aromatic N) is 1. The summed E-state index contributed by atoms with van der Waals surface area (Å²) in [6, 6.07) is 0.961. The predicted octanol–water partition coefficient (Wildman–Crippen LogP) is 5.61. The average molecular weight is 495 g/mol. The second kappa shape index (κ2) is 9.92. The predicted molar refractivity (Wildman–Crippen MR) is 140 cm³/mol. The molecule has 1 atom stereocenters. The number of ether oxygens (including phenoxy) is 1. The van der Waals surface area contributed by atoms with Gasteiger partial charge in [0, 0.05) is 17.0 Å². The lowest BCUT2D eigenvalue weighted by atomic mass is 9.67. The number of esters is 1. The number of hydrogen-bond donors (Lipinski definition) is 2. The molecule has 0 aromatic rings. The van der Waals surface area contributed by atoms with Gasteiger partial charge in [-0.1, -0.05) is 44.1 Å². The Balaban J connectivity index is 1.27. The number of rotatable bonds is 5. The Kier molecular flexibility index (Phi) is 7.01. The summed E-state index contributed by atoms with van der Waals surface area (Å²) >= 11 is 0. The Morgan fingerprint density at radius 2 is 1.72 bits per heavy atom. The van der Waals surface area contributed by atoms with Gasteiger partial charge in [-0.3, -0.25) is 9.59 Å². The Morgan fingerprint density at radius 3 is 2.36 bits per heavy atom. The molecular formula is C30H42N2O4. The summed E-state index contributed by atoms with van der Waals surface area (Å²) in [6.07, 6.45) is 15.9. The van der Waals surface area contributed by atoms with E-state index < -0.39 is 11.0 Å². The Hall–Kier alpha value is -2.21. The van der Waals surface area contributed by atoms with Crippen molar-refractivity contribution in [3.05, 3.63) is 33.9 Å². The molecule has 5 rings (SSSR count). The first kappa shape index (κ1) is 25.4. The Bertz CT molecular complexity index is 1040. The van der Waals surface area contributed by atoms with Gasteiger partial charge in [0.05, 0.1) is 12.5 Å². The molecule has 196 valence electrons. The molecule has 0 heterocycles. The number of nitrogens with one attached hydrogen (secondary N) is 1. The van der Waals surface area contributed by atoms with Crippen LogP contribution in [0.5, 0.6) is 0 Å². The summed E-state index contributed by atoms with van der Waals surface area (Å²) in [5, 5.41) is 14.5. The van der Waals surface area contributed by atoms with E-state index in [2.05, 4.69) is 12.2 Å². The third-order valence-corrected chi connectivity index (χ3v) is 9.47. The van der Waals surface area contributed by atoms with Gasteiger partial charge in [0.25, 0.3) is 6.02 Å². The van der Waals surface area contributed by atoms with E-state index in [1.165, 1.54) is 38.5 Å². The highest BCUT2D eigenvalue weighted by Crippen LogP contribution is 2.65. The highest BCUT2D eigenvalue weighted by atomic mass is 16.6. The number of aliphatic hydroxyl groups is 1. The Labute approximate surface area is 215 Å². The molecule has 0 bridgehead atoms. The third kappa shape index (κ3) is 4.62. The smallest absolute Gasteiger partial charge is 0.313 e. The molecular weight excluding hydrogens is 452 g/mol. The zero-order valence-electron chi connectivity index (χ0n) is 22.3. The summed E-state index contributed by atoms with van der Waals surface area (Å²) in [7, 11) is 0. The summed E-state index contributed by atoms with van der Waals surface area (Å²) in [6.45, 7) is 5.71. The van der Waals surface area contributed by atoms with Gasteiger partial charge in [0.2, 0.25) is 0 Å². The van der Waals surface area contributed by atoms with Gasteiger partial charge >= 0.3 is 5.97 Å². The molecule has 2 N–H and O–H groups in total. The van der Waals surface area contributed by atoms with E-state index in [9.17, 15) is 14.7 Å². The van der Waals surface area contributed by atoms with Crippen LogP contribution < -0.4 is 5.32 Å². The van der Waals surface area contributed by atoms with Gasteiger partial charge in [-0.05, 0) is 88.5 Å². The van der Waals surface area contributed by atoms with Crippen LogP contribution in [0.1, 0.15) is 111 Å². The zero-order valence-corrected chi connectivity index (χ0v) is 22.3. The second-order valence-corrected chi connectivity index (χ2v) is 11.9. The van der Waals surface area contributed by atoms with Gasteiger partial charge in [-0.15, -0.1) is 0 Å². The number of amidine groups is 1. The molecule has 5 aliphatic carbocycles. The summed E-state index contributed by atoms with van der Waals surface area (Å²) in [5.74, 6) is -0.466. The van der Waals surface area contributed by atoms with E-state index in [4.69, 9.17) is 9.73 Å². The van der Waals surface area contributed by atoms with Crippen molar-refractivity contribution in [2.45, 2.75) is 128 Å².